The van der Waals surface area contributed by atoms with Crippen LogP contribution in [0.1, 0.15) is 34.3 Å². The normalized spacial score (nSPS) is 24.9. The maximum Gasteiger partial charge on any atom is 0.169 e. The molecule has 0 aliphatic carbocycles. The van der Waals surface area contributed by atoms with Gasteiger partial charge < -0.3 is 0 Å². The summed E-state index contributed by atoms with van der Waals surface area (Å²) in [7, 11) is -2.90. The molecule has 1 atom stereocenters. The number of hydrogen-bond donors (Lipinski definition) is 0. The second-order valence-electron chi connectivity index (χ2n) is 3.68. The smallest absolute Gasteiger partial charge is 0.169 e. The van der Waals surface area contributed by atoms with Crippen molar-refractivity contribution in [2.45, 2.75) is 18.8 Å². The number of thiazole rings is 1. The van der Waals surface area contributed by atoms with Crippen molar-refractivity contribution in [1.29, 1.82) is 0 Å². The lowest BCUT2D eigenvalue weighted by molar-refractivity contribution is 0.111. The fraction of sp³-hybridized carbons (Fsp3) is 0.556. The summed E-state index contributed by atoms with van der Waals surface area (Å²) in [5, 5.41) is 2.45. The van der Waals surface area contributed by atoms with Gasteiger partial charge in [0.2, 0.25) is 0 Å². The SMILES string of the molecule is O=Cc1csc(C2CCCS(=O)(=O)C2)n1. The molecule has 1 aromatic rings. The molecule has 1 fully saturated rings. The molecule has 6 heteroatoms. The predicted octanol–water partition coefficient (Wildman–Crippen LogP) is 1.25. The van der Waals surface area contributed by atoms with E-state index < -0.39 is 9.84 Å². The third-order valence-corrected chi connectivity index (χ3v) is 5.32. The Morgan fingerprint density at radius 3 is 2.93 bits per heavy atom. The zero-order valence-electron chi connectivity index (χ0n) is 8.05. The first kappa shape index (κ1) is 10.8. The van der Waals surface area contributed by atoms with Crippen molar-refractivity contribution in [1.82, 2.24) is 4.98 Å². The van der Waals surface area contributed by atoms with Crippen LogP contribution in [0.15, 0.2) is 5.38 Å². The van der Waals surface area contributed by atoms with E-state index in [9.17, 15) is 13.2 Å². The van der Waals surface area contributed by atoms with Gasteiger partial charge in [-0.15, -0.1) is 11.3 Å². The number of nitrogens with zero attached hydrogens (tertiary/aromatic N) is 1. The van der Waals surface area contributed by atoms with Crippen molar-refractivity contribution in [2.75, 3.05) is 11.5 Å². The van der Waals surface area contributed by atoms with Crippen LogP contribution < -0.4 is 0 Å². The van der Waals surface area contributed by atoms with E-state index >= 15 is 0 Å². The lowest BCUT2D eigenvalue weighted by atomic mass is 10.1. The topological polar surface area (TPSA) is 64.1 Å². The van der Waals surface area contributed by atoms with Crippen molar-refractivity contribution in [3.05, 3.63) is 16.1 Å². The lowest BCUT2D eigenvalue weighted by Crippen LogP contribution is -2.23. The largest absolute Gasteiger partial charge is 0.296 e. The molecule has 0 saturated carbocycles. The molecule has 0 radical (unpaired) electrons. The molecule has 2 heterocycles. The summed E-state index contributed by atoms with van der Waals surface area (Å²) >= 11 is 1.37. The zero-order chi connectivity index (χ0) is 10.9. The Kier molecular flexibility index (Phi) is 2.88. The van der Waals surface area contributed by atoms with E-state index in [4.69, 9.17) is 0 Å². The highest BCUT2D eigenvalue weighted by Gasteiger charge is 2.27. The van der Waals surface area contributed by atoms with Gasteiger partial charge in [0.05, 0.1) is 16.5 Å². The Morgan fingerprint density at radius 2 is 2.33 bits per heavy atom. The van der Waals surface area contributed by atoms with E-state index in [0.29, 0.717) is 18.4 Å². The Hall–Kier alpha value is -0.750. The van der Waals surface area contributed by atoms with Gasteiger partial charge in [-0.1, -0.05) is 0 Å². The van der Waals surface area contributed by atoms with Crippen LogP contribution in [0.4, 0.5) is 0 Å². The molecule has 0 spiro atoms. The van der Waals surface area contributed by atoms with Gasteiger partial charge in [0, 0.05) is 11.3 Å². The predicted molar refractivity (Wildman–Crippen MR) is 58.1 cm³/mol. The number of hydrogen-bond acceptors (Lipinski definition) is 5. The van der Waals surface area contributed by atoms with Crippen LogP contribution >= 0.6 is 11.3 Å². The number of aromatic nitrogens is 1. The van der Waals surface area contributed by atoms with E-state index in [1.807, 2.05) is 0 Å². The minimum absolute atomic E-state index is 0.0116. The minimum atomic E-state index is -2.90. The summed E-state index contributed by atoms with van der Waals surface area (Å²) in [4.78, 5) is 14.6. The molecule has 82 valence electrons. The van der Waals surface area contributed by atoms with Gasteiger partial charge in [-0.05, 0) is 12.8 Å². The van der Waals surface area contributed by atoms with Gasteiger partial charge in [0.1, 0.15) is 5.69 Å². The second kappa shape index (κ2) is 4.02. The lowest BCUT2D eigenvalue weighted by Gasteiger charge is -2.19. The van der Waals surface area contributed by atoms with Gasteiger partial charge >= 0.3 is 0 Å². The molecular formula is C9H11NO3S2. The molecule has 15 heavy (non-hydrogen) atoms. The van der Waals surface area contributed by atoms with Crippen LogP contribution in [0, 0.1) is 0 Å². The summed E-state index contributed by atoms with van der Waals surface area (Å²) in [6.45, 7) is 0. The van der Waals surface area contributed by atoms with Crippen molar-refractivity contribution >= 4 is 27.5 Å². The molecule has 2 rings (SSSR count). The van der Waals surface area contributed by atoms with E-state index in [2.05, 4.69) is 4.98 Å². The summed E-state index contributed by atoms with van der Waals surface area (Å²) in [5.41, 5.74) is 0.401. The highest BCUT2D eigenvalue weighted by atomic mass is 32.2. The van der Waals surface area contributed by atoms with E-state index in [1.165, 1.54) is 11.3 Å². The maximum absolute atomic E-state index is 11.4. The Labute approximate surface area is 92.3 Å². The molecule has 1 saturated heterocycles. The van der Waals surface area contributed by atoms with Crippen molar-refractivity contribution < 1.29 is 13.2 Å². The highest BCUT2D eigenvalue weighted by molar-refractivity contribution is 7.91. The van der Waals surface area contributed by atoms with Crippen molar-refractivity contribution in [2.24, 2.45) is 0 Å². The average molecular weight is 245 g/mol. The number of carbonyl (C=O) groups is 1. The standard InChI is InChI=1S/C9H11NO3S2/c11-4-8-5-14-9(10-8)7-2-1-3-15(12,13)6-7/h4-5,7H,1-3,6H2. The van der Waals surface area contributed by atoms with Crippen LogP contribution in [0.25, 0.3) is 0 Å². The minimum Gasteiger partial charge on any atom is -0.296 e. The maximum atomic E-state index is 11.4. The van der Waals surface area contributed by atoms with Gasteiger partial charge in [-0.25, -0.2) is 13.4 Å². The first-order valence-electron chi connectivity index (χ1n) is 4.72. The third-order valence-electron chi connectivity index (χ3n) is 2.47. The fourth-order valence-electron chi connectivity index (χ4n) is 1.76. The van der Waals surface area contributed by atoms with E-state index in [-0.39, 0.29) is 17.4 Å². The van der Waals surface area contributed by atoms with Gasteiger partial charge in [0.25, 0.3) is 0 Å². The zero-order valence-corrected chi connectivity index (χ0v) is 9.68. The first-order chi connectivity index (χ1) is 7.11. The van der Waals surface area contributed by atoms with E-state index in [0.717, 1.165) is 11.4 Å². The average Bonchev–Trinajstić information content (AvgIpc) is 2.64. The van der Waals surface area contributed by atoms with Gasteiger partial charge in [0.15, 0.2) is 16.1 Å². The van der Waals surface area contributed by atoms with Crippen molar-refractivity contribution in [3.8, 4) is 0 Å². The van der Waals surface area contributed by atoms with Crippen LogP contribution in [0.5, 0.6) is 0 Å². The molecule has 0 amide bonds. The number of aldehydes is 1. The number of carbonyl (C=O) groups excluding carboxylic acids is 1. The molecule has 1 aliphatic heterocycles. The highest BCUT2D eigenvalue weighted by Crippen LogP contribution is 2.29. The molecule has 1 aliphatic rings. The third kappa shape index (κ3) is 2.43. The molecule has 0 aromatic carbocycles. The Bertz CT molecular complexity index is 463. The van der Waals surface area contributed by atoms with Gasteiger partial charge in [-0.2, -0.15) is 0 Å². The van der Waals surface area contributed by atoms with Crippen LogP contribution in [0.3, 0.4) is 0 Å². The quantitative estimate of drug-likeness (QED) is 0.735. The molecule has 0 bridgehead atoms. The summed E-state index contributed by atoms with van der Waals surface area (Å²) in [6.07, 6.45) is 2.24. The van der Waals surface area contributed by atoms with Gasteiger partial charge in [-0.3, -0.25) is 4.79 Å². The fourth-order valence-corrected chi connectivity index (χ4v) is 4.48. The summed E-state index contributed by atoms with van der Waals surface area (Å²) in [5.74, 6) is 0.455. The number of sulfone groups is 1. The molecular weight excluding hydrogens is 234 g/mol. The second-order valence-corrected chi connectivity index (χ2v) is 6.80. The molecule has 4 nitrogen and oxygen atoms in total. The molecule has 1 unspecified atom stereocenters. The molecule has 1 aromatic heterocycles. The Balaban J connectivity index is 2.20. The first-order valence-corrected chi connectivity index (χ1v) is 7.42. The monoisotopic (exact) mass is 245 g/mol. The summed E-state index contributed by atoms with van der Waals surface area (Å²) in [6, 6.07) is 0. The van der Waals surface area contributed by atoms with Crippen LogP contribution in [-0.2, 0) is 9.84 Å². The van der Waals surface area contributed by atoms with E-state index in [1.54, 1.807) is 5.38 Å². The number of rotatable bonds is 2. The van der Waals surface area contributed by atoms with Crippen LogP contribution in [-0.4, -0.2) is 31.2 Å². The Morgan fingerprint density at radius 1 is 1.53 bits per heavy atom. The van der Waals surface area contributed by atoms with Crippen LogP contribution in [0.2, 0.25) is 0 Å². The molecule has 0 N–H and O–H groups in total. The summed E-state index contributed by atoms with van der Waals surface area (Å²) < 4.78 is 22.8. The van der Waals surface area contributed by atoms with Crippen molar-refractivity contribution in [3.63, 3.8) is 0 Å².